The number of aryl methyl sites for hydroxylation is 1. The molecule has 0 bridgehead atoms. The fourth-order valence-electron chi connectivity index (χ4n) is 3.95. The van der Waals surface area contributed by atoms with Crippen molar-refractivity contribution in [1.29, 1.82) is 0 Å². The third kappa shape index (κ3) is 3.59. The lowest BCUT2D eigenvalue weighted by Gasteiger charge is -2.49. The van der Waals surface area contributed by atoms with E-state index in [0.29, 0.717) is 12.3 Å². The quantitative estimate of drug-likeness (QED) is 0.846. The molecule has 1 aromatic heterocycles. The van der Waals surface area contributed by atoms with E-state index in [1.165, 1.54) is 5.69 Å². The summed E-state index contributed by atoms with van der Waals surface area (Å²) in [7, 11) is 2.23. The molecule has 128 valence electrons. The number of nitrogens with zero attached hydrogens (tertiary/aromatic N) is 4. The Morgan fingerprint density at radius 2 is 2.13 bits per heavy atom. The molecule has 0 aromatic carbocycles. The molecule has 0 N–H and O–H groups in total. The molecule has 5 nitrogen and oxygen atoms in total. The second-order valence-electron chi connectivity index (χ2n) is 6.94. The number of likely N-dealkylation sites (N-methyl/N-ethyl adjacent to an activating group) is 1. The highest BCUT2D eigenvalue weighted by atomic mass is 32.1. The molecule has 0 radical (unpaired) electrons. The standard InChI is InChI=1S/C17H28N4OS/c1-4-21-8-7-17(6-5-16(21)22)13-20(10-9-19(17)3)11-15-12-23-14(2)18-15/h12H,4-11,13H2,1-3H3. The number of carbonyl (C=O) groups excluding carboxylic acids is 1. The number of aromatic nitrogens is 1. The zero-order chi connectivity index (χ0) is 16.4. The summed E-state index contributed by atoms with van der Waals surface area (Å²) in [6, 6.07) is 0. The highest BCUT2D eigenvalue weighted by Crippen LogP contribution is 2.32. The van der Waals surface area contributed by atoms with E-state index in [0.717, 1.165) is 57.1 Å². The zero-order valence-corrected chi connectivity index (χ0v) is 15.4. The molecular weight excluding hydrogens is 308 g/mol. The highest BCUT2D eigenvalue weighted by Gasteiger charge is 2.42. The van der Waals surface area contributed by atoms with E-state index in [1.807, 2.05) is 4.90 Å². The molecule has 1 unspecified atom stereocenters. The van der Waals surface area contributed by atoms with E-state index in [-0.39, 0.29) is 5.54 Å². The number of thiazole rings is 1. The first-order valence-electron chi connectivity index (χ1n) is 8.65. The van der Waals surface area contributed by atoms with E-state index >= 15 is 0 Å². The van der Waals surface area contributed by atoms with Gasteiger partial charge in [0, 0.05) is 56.6 Å². The van der Waals surface area contributed by atoms with Crippen LogP contribution in [0, 0.1) is 6.92 Å². The van der Waals surface area contributed by atoms with E-state index < -0.39 is 0 Å². The lowest BCUT2D eigenvalue weighted by atomic mass is 9.86. The monoisotopic (exact) mass is 336 g/mol. The highest BCUT2D eigenvalue weighted by molar-refractivity contribution is 7.09. The lowest BCUT2D eigenvalue weighted by Crippen LogP contribution is -2.60. The van der Waals surface area contributed by atoms with Crippen LogP contribution < -0.4 is 0 Å². The van der Waals surface area contributed by atoms with Gasteiger partial charge in [0.15, 0.2) is 0 Å². The molecule has 2 fully saturated rings. The van der Waals surface area contributed by atoms with Gasteiger partial charge in [-0.25, -0.2) is 4.98 Å². The SMILES string of the molecule is CCN1CCC2(CCC1=O)CN(Cc1csc(C)n1)CCN2C. The average Bonchev–Trinajstić information content (AvgIpc) is 2.86. The average molecular weight is 337 g/mol. The number of amides is 1. The molecule has 2 saturated heterocycles. The minimum absolute atomic E-state index is 0.142. The van der Waals surface area contributed by atoms with Gasteiger partial charge in [0.1, 0.15) is 0 Å². The Hall–Kier alpha value is -0.980. The van der Waals surface area contributed by atoms with Gasteiger partial charge in [-0.1, -0.05) is 0 Å². The predicted molar refractivity (Wildman–Crippen MR) is 93.6 cm³/mol. The fourth-order valence-corrected chi connectivity index (χ4v) is 4.56. The zero-order valence-electron chi connectivity index (χ0n) is 14.5. The first-order valence-corrected chi connectivity index (χ1v) is 9.53. The van der Waals surface area contributed by atoms with Gasteiger partial charge in [-0.15, -0.1) is 11.3 Å². The molecule has 6 heteroatoms. The van der Waals surface area contributed by atoms with Crippen LogP contribution in [-0.4, -0.2) is 70.9 Å². The number of likely N-dealkylation sites (tertiary alicyclic amines) is 1. The van der Waals surface area contributed by atoms with Crippen molar-refractivity contribution in [2.45, 2.75) is 45.2 Å². The molecule has 2 aliphatic rings. The van der Waals surface area contributed by atoms with E-state index in [1.54, 1.807) is 11.3 Å². The van der Waals surface area contributed by atoms with Crippen LogP contribution in [0.3, 0.4) is 0 Å². The van der Waals surface area contributed by atoms with Crippen LogP contribution in [0.2, 0.25) is 0 Å². The third-order valence-electron chi connectivity index (χ3n) is 5.52. The number of carbonyl (C=O) groups is 1. The van der Waals surface area contributed by atoms with Crippen LogP contribution in [-0.2, 0) is 11.3 Å². The largest absolute Gasteiger partial charge is 0.343 e. The van der Waals surface area contributed by atoms with Crippen LogP contribution in [0.25, 0.3) is 0 Å². The first kappa shape index (κ1) is 16.9. The molecule has 2 aliphatic heterocycles. The molecule has 1 amide bonds. The van der Waals surface area contributed by atoms with Crippen molar-refractivity contribution in [1.82, 2.24) is 19.7 Å². The van der Waals surface area contributed by atoms with Gasteiger partial charge < -0.3 is 4.90 Å². The van der Waals surface area contributed by atoms with Gasteiger partial charge in [0.05, 0.1) is 10.7 Å². The van der Waals surface area contributed by atoms with Gasteiger partial charge in [0.25, 0.3) is 0 Å². The molecule has 23 heavy (non-hydrogen) atoms. The maximum Gasteiger partial charge on any atom is 0.222 e. The van der Waals surface area contributed by atoms with Crippen LogP contribution in [0.5, 0.6) is 0 Å². The second-order valence-corrected chi connectivity index (χ2v) is 8.00. The van der Waals surface area contributed by atoms with Crippen molar-refractivity contribution in [3.63, 3.8) is 0 Å². The smallest absolute Gasteiger partial charge is 0.222 e. The maximum atomic E-state index is 12.2. The molecule has 1 atom stereocenters. The summed E-state index contributed by atoms with van der Waals surface area (Å²) in [5.74, 6) is 0.324. The van der Waals surface area contributed by atoms with E-state index in [2.05, 4.69) is 41.1 Å². The first-order chi connectivity index (χ1) is 11.0. The van der Waals surface area contributed by atoms with Crippen molar-refractivity contribution in [2.24, 2.45) is 0 Å². The van der Waals surface area contributed by atoms with Crippen molar-refractivity contribution in [3.8, 4) is 0 Å². The minimum atomic E-state index is 0.142. The van der Waals surface area contributed by atoms with Gasteiger partial charge in [-0.2, -0.15) is 0 Å². The molecule has 0 saturated carbocycles. The van der Waals surface area contributed by atoms with Gasteiger partial charge in [-0.3, -0.25) is 14.6 Å². The van der Waals surface area contributed by atoms with E-state index in [9.17, 15) is 4.79 Å². The molecule has 3 heterocycles. The third-order valence-corrected chi connectivity index (χ3v) is 6.34. The predicted octanol–water partition coefficient (Wildman–Crippen LogP) is 1.97. The fraction of sp³-hybridized carbons (Fsp3) is 0.765. The van der Waals surface area contributed by atoms with Gasteiger partial charge in [-0.05, 0) is 33.7 Å². The maximum absolute atomic E-state index is 12.2. The lowest BCUT2D eigenvalue weighted by molar-refractivity contribution is -0.130. The summed E-state index contributed by atoms with van der Waals surface area (Å²) < 4.78 is 0. The molecule has 1 aromatic rings. The summed E-state index contributed by atoms with van der Waals surface area (Å²) in [5, 5.41) is 3.32. The minimum Gasteiger partial charge on any atom is -0.343 e. The van der Waals surface area contributed by atoms with Crippen LogP contribution in [0.15, 0.2) is 5.38 Å². The summed E-state index contributed by atoms with van der Waals surface area (Å²) >= 11 is 1.73. The van der Waals surface area contributed by atoms with Crippen molar-refractivity contribution in [3.05, 3.63) is 16.1 Å². The van der Waals surface area contributed by atoms with Crippen LogP contribution >= 0.6 is 11.3 Å². The molecule has 0 aliphatic carbocycles. The van der Waals surface area contributed by atoms with Crippen molar-refractivity contribution < 1.29 is 4.79 Å². The summed E-state index contributed by atoms with van der Waals surface area (Å²) in [6.45, 7) is 10.0. The number of hydrogen-bond acceptors (Lipinski definition) is 5. The number of hydrogen-bond donors (Lipinski definition) is 0. The van der Waals surface area contributed by atoms with E-state index in [4.69, 9.17) is 0 Å². The number of rotatable bonds is 3. The molecule has 3 rings (SSSR count). The van der Waals surface area contributed by atoms with Crippen molar-refractivity contribution in [2.75, 3.05) is 39.8 Å². The Kier molecular flexibility index (Phi) is 5.04. The summed E-state index contributed by atoms with van der Waals surface area (Å²) in [5.41, 5.74) is 1.33. The Bertz CT molecular complexity index is 561. The van der Waals surface area contributed by atoms with Crippen molar-refractivity contribution >= 4 is 17.2 Å². The number of piperazine rings is 1. The Labute approximate surface area is 143 Å². The molecule has 1 spiro atoms. The Balaban J connectivity index is 1.71. The Morgan fingerprint density at radius 1 is 1.30 bits per heavy atom. The molecular formula is C17H28N4OS. The topological polar surface area (TPSA) is 39.7 Å². The normalized spacial score (nSPS) is 27.6. The second kappa shape index (κ2) is 6.87. The van der Waals surface area contributed by atoms with Crippen LogP contribution in [0.4, 0.5) is 0 Å². The van der Waals surface area contributed by atoms with Gasteiger partial charge in [0.2, 0.25) is 5.91 Å². The summed E-state index contributed by atoms with van der Waals surface area (Å²) in [6.07, 6.45) is 2.74. The Morgan fingerprint density at radius 3 is 2.83 bits per heavy atom. The van der Waals surface area contributed by atoms with Gasteiger partial charge >= 0.3 is 0 Å². The van der Waals surface area contributed by atoms with Crippen LogP contribution in [0.1, 0.15) is 36.9 Å². The summed E-state index contributed by atoms with van der Waals surface area (Å²) in [4.78, 5) is 23.9.